The van der Waals surface area contributed by atoms with Gasteiger partial charge in [-0.1, -0.05) is 20.3 Å². The van der Waals surface area contributed by atoms with Gasteiger partial charge in [-0.2, -0.15) is 13.2 Å². The van der Waals surface area contributed by atoms with Crippen molar-refractivity contribution in [2.75, 3.05) is 13.1 Å². The lowest BCUT2D eigenvalue weighted by molar-refractivity contribution is -0.147. The summed E-state index contributed by atoms with van der Waals surface area (Å²) >= 11 is 0. The summed E-state index contributed by atoms with van der Waals surface area (Å²) in [7, 11) is 0. The largest absolute Gasteiger partial charge is 0.401 e. The van der Waals surface area contributed by atoms with E-state index in [0.717, 1.165) is 19.3 Å². The monoisotopic (exact) mass is 238 g/mol. The molecular weight excluding hydrogens is 217 g/mol. The second-order valence-corrected chi connectivity index (χ2v) is 4.83. The first-order chi connectivity index (χ1) is 7.33. The maximum absolute atomic E-state index is 12.3. The highest BCUT2D eigenvalue weighted by atomic mass is 19.4. The summed E-state index contributed by atoms with van der Waals surface area (Å²) in [5.74, 6) is 0.273. The highest BCUT2D eigenvalue weighted by molar-refractivity contribution is 4.88. The highest BCUT2D eigenvalue weighted by Gasteiger charge is 2.38. The lowest BCUT2D eigenvalue weighted by Gasteiger charge is -2.28. The van der Waals surface area contributed by atoms with Crippen LogP contribution in [-0.4, -0.2) is 36.2 Å². The topological polar surface area (TPSA) is 29.3 Å². The van der Waals surface area contributed by atoms with E-state index in [1.165, 1.54) is 4.90 Å². The average Bonchev–Trinajstić information content (AvgIpc) is 2.96. The zero-order chi connectivity index (χ0) is 12.3. The fourth-order valence-electron chi connectivity index (χ4n) is 1.77. The van der Waals surface area contributed by atoms with Gasteiger partial charge in [-0.05, 0) is 18.8 Å². The zero-order valence-corrected chi connectivity index (χ0v) is 9.93. The predicted molar refractivity (Wildman–Crippen MR) is 58.1 cm³/mol. The van der Waals surface area contributed by atoms with Crippen molar-refractivity contribution in [2.24, 2.45) is 11.7 Å². The van der Waals surface area contributed by atoms with Gasteiger partial charge >= 0.3 is 6.18 Å². The van der Waals surface area contributed by atoms with E-state index >= 15 is 0 Å². The fraction of sp³-hybridized carbons (Fsp3) is 1.00. The van der Waals surface area contributed by atoms with Crippen LogP contribution < -0.4 is 5.73 Å². The van der Waals surface area contributed by atoms with Gasteiger partial charge in [0.15, 0.2) is 0 Å². The number of alkyl halides is 3. The van der Waals surface area contributed by atoms with Gasteiger partial charge in [0.2, 0.25) is 0 Å². The molecule has 0 radical (unpaired) electrons. The van der Waals surface area contributed by atoms with Gasteiger partial charge in [-0.15, -0.1) is 0 Å². The third-order valence-corrected chi connectivity index (χ3v) is 3.27. The van der Waals surface area contributed by atoms with Crippen molar-refractivity contribution >= 4 is 0 Å². The minimum atomic E-state index is -4.11. The van der Waals surface area contributed by atoms with Crippen LogP contribution in [0.15, 0.2) is 0 Å². The fourth-order valence-corrected chi connectivity index (χ4v) is 1.77. The standard InChI is InChI=1S/C11H21F3N2/c1-3-8(2)10(15)6-16(9-4-5-9)7-11(12,13)14/h8-10H,3-7,15H2,1-2H3. The highest BCUT2D eigenvalue weighted by Crippen LogP contribution is 2.30. The summed E-state index contributed by atoms with van der Waals surface area (Å²) in [6, 6.07) is -0.0512. The smallest absolute Gasteiger partial charge is 0.326 e. The van der Waals surface area contributed by atoms with E-state index in [4.69, 9.17) is 5.73 Å². The van der Waals surface area contributed by atoms with Crippen molar-refractivity contribution in [3.05, 3.63) is 0 Å². The Labute approximate surface area is 95.0 Å². The van der Waals surface area contributed by atoms with Gasteiger partial charge < -0.3 is 5.73 Å². The quantitative estimate of drug-likeness (QED) is 0.770. The van der Waals surface area contributed by atoms with E-state index in [9.17, 15) is 13.2 Å². The van der Waals surface area contributed by atoms with Gasteiger partial charge in [-0.3, -0.25) is 4.90 Å². The number of halogens is 3. The molecule has 2 N–H and O–H groups in total. The van der Waals surface area contributed by atoms with Crippen molar-refractivity contribution in [3.8, 4) is 0 Å². The Morgan fingerprint density at radius 2 is 1.94 bits per heavy atom. The second kappa shape index (κ2) is 5.36. The molecule has 5 heteroatoms. The molecule has 0 amide bonds. The molecule has 0 saturated heterocycles. The molecule has 0 aromatic carbocycles. The van der Waals surface area contributed by atoms with Gasteiger partial charge in [0.1, 0.15) is 0 Å². The van der Waals surface area contributed by atoms with Crippen molar-refractivity contribution in [2.45, 2.75) is 51.4 Å². The van der Waals surface area contributed by atoms with Gasteiger partial charge in [0.05, 0.1) is 6.54 Å². The minimum absolute atomic E-state index is 0.108. The molecule has 16 heavy (non-hydrogen) atoms. The number of rotatable bonds is 6. The molecule has 0 aromatic rings. The molecule has 0 aromatic heterocycles. The molecule has 0 bridgehead atoms. The molecule has 1 fully saturated rings. The minimum Gasteiger partial charge on any atom is -0.326 e. The molecule has 0 aliphatic heterocycles. The lowest BCUT2D eigenvalue weighted by Crippen LogP contribution is -2.45. The molecular formula is C11H21F3N2. The molecule has 0 spiro atoms. The summed E-state index contributed by atoms with van der Waals surface area (Å²) in [6.45, 7) is 3.54. The summed E-state index contributed by atoms with van der Waals surface area (Å²) in [5, 5.41) is 0. The molecule has 2 atom stereocenters. The maximum atomic E-state index is 12.3. The van der Waals surface area contributed by atoms with E-state index in [-0.39, 0.29) is 18.0 Å². The molecule has 1 aliphatic carbocycles. The predicted octanol–water partition coefficient (Wildman–Crippen LogP) is 2.39. The van der Waals surface area contributed by atoms with Crippen molar-refractivity contribution in [1.29, 1.82) is 0 Å². The summed E-state index contributed by atoms with van der Waals surface area (Å²) in [6.07, 6.45) is -1.45. The first kappa shape index (κ1) is 13.8. The average molecular weight is 238 g/mol. The Bertz CT molecular complexity index is 214. The second-order valence-electron chi connectivity index (χ2n) is 4.83. The Morgan fingerprint density at radius 1 is 1.38 bits per heavy atom. The van der Waals surface area contributed by atoms with Crippen molar-refractivity contribution in [3.63, 3.8) is 0 Å². The molecule has 1 rings (SSSR count). The van der Waals surface area contributed by atoms with Gasteiger partial charge in [0, 0.05) is 18.6 Å². The first-order valence-electron chi connectivity index (χ1n) is 5.90. The molecule has 1 saturated carbocycles. The number of hydrogen-bond acceptors (Lipinski definition) is 2. The SMILES string of the molecule is CCC(C)C(N)CN(CC(F)(F)F)C1CC1. The Hall–Kier alpha value is -0.290. The molecule has 96 valence electrons. The molecule has 0 heterocycles. The van der Waals surface area contributed by atoms with Gasteiger partial charge in [0.25, 0.3) is 0 Å². The third-order valence-electron chi connectivity index (χ3n) is 3.27. The molecule has 2 unspecified atom stereocenters. The van der Waals surface area contributed by atoms with Crippen LogP contribution in [-0.2, 0) is 0 Å². The maximum Gasteiger partial charge on any atom is 0.401 e. The van der Waals surface area contributed by atoms with Gasteiger partial charge in [-0.25, -0.2) is 0 Å². The van der Waals surface area contributed by atoms with E-state index in [1.54, 1.807) is 0 Å². The van der Waals surface area contributed by atoms with Crippen LogP contribution >= 0.6 is 0 Å². The molecule has 1 aliphatic rings. The third kappa shape index (κ3) is 4.70. The first-order valence-corrected chi connectivity index (χ1v) is 5.90. The number of nitrogens with two attached hydrogens (primary N) is 1. The summed E-state index contributed by atoms with van der Waals surface area (Å²) < 4.78 is 37.0. The lowest BCUT2D eigenvalue weighted by atomic mass is 9.99. The number of hydrogen-bond donors (Lipinski definition) is 1. The molecule has 2 nitrogen and oxygen atoms in total. The van der Waals surface area contributed by atoms with Crippen LogP contribution in [0.1, 0.15) is 33.1 Å². The van der Waals surface area contributed by atoms with E-state index in [1.807, 2.05) is 13.8 Å². The van der Waals surface area contributed by atoms with Crippen LogP contribution in [0.2, 0.25) is 0 Å². The zero-order valence-electron chi connectivity index (χ0n) is 9.93. The summed E-state index contributed by atoms with van der Waals surface area (Å²) in [5.41, 5.74) is 5.90. The normalized spacial score (nSPS) is 21.2. The van der Waals surface area contributed by atoms with Crippen molar-refractivity contribution in [1.82, 2.24) is 4.90 Å². The summed E-state index contributed by atoms with van der Waals surface area (Å²) in [4.78, 5) is 1.50. The van der Waals surface area contributed by atoms with Crippen LogP contribution in [0, 0.1) is 5.92 Å². The van der Waals surface area contributed by atoms with Crippen LogP contribution in [0.25, 0.3) is 0 Å². The number of nitrogens with zero attached hydrogens (tertiary/aromatic N) is 1. The van der Waals surface area contributed by atoms with Crippen molar-refractivity contribution < 1.29 is 13.2 Å². The Balaban J connectivity index is 2.45. The van der Waals surface area contributed by atoms with E-state index < -0.39 is 12.7 Å². The van der Waals surface area contributed by atoms with Crippen LogP contribution in [0.5, 0.6) is 0 Å². The van der Waals surface area contributed by atoms with Crippen LogP contribution in [0.3, 0.4) is 0 Å². The Kier molecular flexibility index (Phi) is 4.62. The van der Waals surface area contributed by atoms with Crippen LogP contribution in [0.4, 0.5) is 13.2 Å². The Morgan fingerprint density at radius 3 is 2.31 bits per heavy atom. The van der Waals surface area contributed by atoms with E-state index in [2.05, 4.69) is 0 Å². The van der Waals surface area contributed by atoms with E-state index in [0.29, 0.717) is 6.54 Å².